The second-order valence-corrected chi connectivity index (χ2v) is 6.93. The van der Waals surface area contributed by atoms with E-state index in [0.29, 0.717) is 23.4 Å². The quantitative estimate of drug-likeness (QED) is 0.386. The highest BCUT2D eigenvalue weighted by Crippen LogP contribution is 2.20. The van der Waals surface area contributed by atoms with Gasteiger partial charge in [-0.1, -0.05) is 30.4 Å². The number of hydrogen-bond donors (Lipinski definition) is 2. The number of esters is 1. The maximum atomic E-state index is 12.2. The summed E-state index contributed by atoms with van der Waals surface area (Å²) >= 11 is 0. The Bertz CT molecular complexity index is 852. The number of carbonyl (C=O) groups excluding carboxylic acids is 1. The summed E-state index contributed by atoms with van der Waals surface area (Å²) < 4.78 is 5.28. The van der Waals surface area contributed by atoms with Crippen LogP contribution in [0.5, 0.6) is 0 Å². The van der Waals surface area contributed by atoms with Crippen molar-refractivity contribution in [1.29, 1.82) is 5.41 Å². The average Bonchev–Trinajstić information content (AvgIpc) is 3.02. The zero-order chi connectivity index (χ0) is 19.3. The van der Waals surface area contributed by atoms with E-state index >= 15 is 0 Å². The summed E-state index contributed by atoms with van der Waals surface area (Å²) in [6.45, 7) is 7.22. The first-order valence-electron chi connectivity index (χ1n) is 8.44. The zero-order valence-corrected chi connectivity index (χ0v) is 15.5. The Morgan fingerprint density at radius 1 is 1.31 bits per heavy atom. The van der Waals surface area contributed by atoms with Crippen LogP contribution < -0.4 is 5.46 Å². The average molecular weight is 347 g/mol. The third kappa shape index (κ3) is 5.35. The standard InChI is InChI=1S/C20H22BN3O2/c1-5-16(17(22)19(25)26-20(2,3)4)18-23-12-15(24-18)11-8-13-6-9-14(21)10-7-13/h6-7,9-10,12,16,22H,5H2,1-4H3,(H,23,24)/t16-/m0/s1. The maximum Gasteiger partial charge on any atom is 0.353 e. The topological polar surface area (TPSA) is 78.8 Å². The fraction of sp³-hybridized carbons (Fsp3) is 0.350. The summed E-state index contributed by atoms with van der Waals surface area (Å²) in [5.74, 6) is 5.45. The van der Waals surface area contributed by atoms with Crippen LogP contribution in [0.3, 0.4) is 0 Å². The molecule has 0 bridgehead atoms. The van der Waals surface area contributed by atoms with Crippen molar-refractivity contribution in [2.24, 2.45) is 0 Å². The molecule has 1 aromatic heterocycles. The third-order valence-electron chi connectivity index (χ3n) is 3.55. The van der Waals surface area contributed by atoms with Crippen LogP contribution in [0.1, 0.15) is 57.1 Å². The van der Waals surface area contributed by atoms with Gasteiger partial charge in [0, 0.05) is 5.56 Å². The molecule has 2 radical (unpaired) electrons. The number of ether oxygens (including phenoxy) is 1. The molecule has 0 saturated heterocycles. The molecule has 0 spiro atoms. The van der Waals surface area contributed by atoms with Gasteiger partial charge < -0.3 is 9.72 Å². The fourth-order valence-corrected chi connectivity index (χ4v) is 2.29. The number of nitrogens with one attached hydrogen (secondary N) is 2. The molecule has 5 nitrogen and oxygen atoms in total. The second-order valence-electron chi connectivity index (χ2n) is 6.93. The van der Waals surface area contributed by atoms with Crippen molar-refractivity contribution in [1.82, 2.24) is 9.97 Å². The number of imidazole rings is 1. The Balaban J connectivity index is 2.15. The van der Waals surface area contributed by atoms with E-state index in [-0.39, 0.29) is 5.71 Å². The fourth-order valence-electron chi connectivity index (χ4n) is 2.29. The minimum atomic E-state index is -0.638. The molecule has 0 amide bonds. The molecule has 1 atom stereocenters. The first-order valence-corrected chi connectivity index (χ1v) is 8.44. The summed E-state index contributed by atoms with van der Waals surface area (Å²) in [4.78, 5) is 19.5. The van der Waals surface area contributed by atoms with E-state index in [4.69, 9.17) is 18.0 Å². The molecule has 2 rings (SSSR count). The zero-order valence-electron chi connectivity index (χ0n) is 15.5. The Morgan fingerprint density at radius 3 is 2.54 bits per heavy atom. The number of rotatable bonds is 4. The predicted molar refractivity (Wildman–Crippen MR) is 103 cm³/mol. The van der Waals surface area contributed by atoms with Crippen LogP contribution in [0, 0.1) is 17.3 Å². The largest absolute Gasteiger partial charge is 0.455 e. The van der Waals surface area contributed by atoms with Crippen molar-refractivity contribution in [2.45, 2.75) is 45.6 Å². The molecule has 26 heavy (non-hydrogen) atoms. The summed E-state index contributed by atoms with van der Waals surface area (Å²) in [5.41, 5.74) is 1.39. The second kappa shape index (κ2) is 8.05. The Hall–Kier alpha value is -2.81. The first kappa shape index (κ1) is 19.5. The van der Waals surface area contributed by atoms with Crippen molar-refractivity contribution in [3.05, 3.63) is 47.5 Å². The van der Waals surface area contributed by atoms with E-state index in [1.54, 1.807) is 39.1 Å². The highest BCUT2D eigenvalue weighted by molar-refractivity contribution is 6.37. The number of nitrogens with zero attached hydrogens (tertiary/aromatic N) is 1. The maximum absolute atomic E-state index is 12.2. The molecular formula is C20H22BN3O2. The van der Waals surface area contributed by atoms with Gasteiger partial charge in [0.15, 0.2) is 0 Å². The van der Waals surface area contributed by atoms with Crippen molar-refractivity contribution >= 4 is 25.0 Å². The lowest BCUT2D eigenvalue weighted by atomic mass is 9.95. The predicted octanol–water partition coefficient (Wildman–Crippen LogP) is 2.46. The number of aromatic nitrogens is 2. The SMILES string of the molecule is [B]c1ccc(C#Cc2cnc([C@@H](CC)C(=N)C(=O)OC(C)(C)C)[nH]2)cc1. The van der Waals surface area contributed by atoms with E-state index in [9.17, 15) is 4.79 Å². The molecule has 1 heterocycles. The van der Waals surface area contributed by atoms with Gasteiger partial charge in [0.2, 0.25) is 0 Å². The van der Waals surface area contributed by atoms with Crippen LogP contribution >= 0.6 is 0 Å². The van der Waals surface area contributed by atoms with Crippen LogP contribution in [0.25, 0.3) is 0 Å². The van der Waals surface area contributed by atoms with Crippen LogP contribution in [-0.4, -0.2) is 35.1 Å². The van der Waals surface area contributed by atoms with Crippen LogP contribution in [-0.2, 0) is 9.53 Å². The van der Waals surface area contributed by atoms with E-state index in [2.05, 4.69) is 21.8 Å². The van der Waals surface area contributed by atoms with Gasteiger partial charge in [0.1, 0.15) is 30.7 Å². The summed E-state index contributed by atoms with van der Waals surface area (Å²) in [6, 6.07) is 7.26. The molecule has 132 valence electrons. The van der Waals surface area contributed by atoms with Crippen molar-refractivity contribution in [3.63, 3.8) is 0 Å². The molecule has 0 fully saturated rings. The number of aromatic amines is 1. The van der Waals surface area contributed by atoms with Gasteiger partial charge in [-0.3, -0.25) is 5.41 Å². The van der Waals surface area contributed by atoms with Gasteiger partial charge in [-0.25, -0.2) is 9.78 Å². The third-order valence-corrected chi connectivity index (χ3v) is 3.55. The van der Waals surface area contributed by atoms with Gasteiger partial charge in [0.25, 0.3) is 0 Å². The van der Waals surface area contributed by atoms with Gasteiger partial charge in [-0.15, -0.1) is 0 Å². The van der Waals surface area contributed by atoms with Crippen molar-refractivity contribution < 1.29 is 9.53 Å². The van der Waals surface area contributed by atoms with Gasteiger partial charge in [0.05, 0.1) is 12.1 Å². The van der Waals surface area contributed by atoms with Gasteiger partial charge in [-0.05, 0) is 45.2 Å². The van der Waals surface area contributed by atoms with E-state index < -0.39 is 17.5 Å². The van der Waals surface area contributed by atoms with Crippen LogP contribution in [0.15, 0.2) is 30.5 Å². The lowest BCUT2D eigenvalue weighted by Gasteiger charge is -2.21. The molecule has 0 saturated carbocycles. The summed E-state index contributed by atoms with van der Waals surface area (Å²) in [5, 5.41) is 8.15. The van der Waals surface area contributed by atoms with Crippen LogP contribution in [0.4, 0.5) is 0 Å². The number of carbonyl (C=O) groups is 1. The van der Waals surface area contributed by atoms with Gasteiger partial charge >= 0.3 is 5.97 Å². The normalized spacial score (nSPS) is 12.0. The number of hydrogen-bond acceptors (Lipinski definition) is 4. The molecule has 2 N–H and O–H groups in total. The molecule has 0 aliphatic rings. The minimum Gasteiger partial charge on any atom is -0.455 e. The number of benzene rings is 1. The van der Waals surface area contributed by atoms with Crippen molar-refractivity contribution in [2.75, 3.05) is 0 Å². The summed E-state index contributed by atoms with van der Waals surface area (Å²) in [6.07, 6.45) is 2.15. The van der Waals surface area contributed by atoms with E-state index in [1.165, 1.54) is 0 Å². The highest BCUT2D eigenvalue weighted by atomic mass is 16.6. The van der Waals surface area contributed by atoms with E-state index in [1.807, 2.05) is 19.1 Å². The Morgan fingerprint density at radius 2 is 1.96 bits per heavy atom. The van der Waals surface area contributed by atoms with E-state index in [0.717, 1.165) is 5.56 Å². The monoisotopic (exact) mass is 347 g/mol. The Labute approximate surface area is 155 Å². The molecule has 0 aliphatic carbocycles. The summed E-state index contributed by atoms with van der Waals surface area (Å²) in [7, 11) is 5.65. The van der Waals surface area contributed by atoms with Crippen molar-refractivity contribution in [3.8, 4) is 11.8 Å². The minimum absolute atomic E-state index is 0.116. The van der Waals surface area contributed by atoms with Crippen LogP contribution in [0.2, 0.25) is 0 Å². The van der Waals surface area contributed by atoms with Gasteiger partial charge in [-0.2, -0.15) is 0 Å². The molecule has 2 aromatic rings. The Kier molecular flexibility index (Phi) is 6.04. The molecular weight excluding hydrogens is 325 g/mol. The number of H-pyrrole nitrogens is 1. The molecule has 0 aliphatic heterocycles. The molecule has 0 unspecified atom stereocenters. The smallest absolute Gasteiger partial charge is 0.353 e. The molecule has 6 heteroatoms. The highest BCUT2D eigenvalue weighted by Gasteiger charge is 2.28. The lowest BCUT2D eigenvalue weighted by molar-refractivity contribution is -0.146. The lowest BCUT2D eigenvalue weighted by Crippen LogP contribution is -2.31. The molecule has 1 aromatic carbocycles. The first-order chi connectivity index (χ1) is 12.2.